The molecular formula is C15H29N3. The van der Waals surface area contributed by atoms with Crippen molar-refractivity contribution in [3.05, 3.63) is 18.0 Å². The van der Waals surface area contributed by atoms with Crippen molar-refractivity contribution in [3.63, 3.8) is 0 Å². The van der Waals surface area contributed by atoms with Crippen molar-refractivity contribution in [1.29, 1.82) is 0 Å². The molecule has 0 saturated carbocycles. The molecule has 0 amide bonds. The molecule has 0 aliphatic heterocycles. The van der Waals surface area contributed by atoms with Crippen LogP contribution in [0.4, 0.5) is 0 Å². The van der Waals surface area contributed by atoms with E-state index in [-0.39, 0.29) is 5.41 Å². The van der Waals surface area contributed by atoms with Crippen molar-refractivity contribution >= 4 is 0 Å². The molecule has 0 spiro atoms. The summed E-state index contributed by atoms with van der Waals surface area (Å²) in [5.74, 6) is 0.723. The van der Waals surface area contributed by atoms with Gasteiger partial charge in [-0.3, -0.25) is 4.68 Å². The summed E-state index contributed by atoms with van der Waals surface area (Å²) in [5.41, 5.74) is 1.55. The van der Waals surface area contributed by atoms with Gasteiger partial charge in [-0.2, -0.15) is 5.10 Å². The van der Waals surface area contributed by atoms with Crippen LogP contribution in [-0.4, -0.2) is 22.9 Å². The summed E-state index contributed by atoms with van der Waals surface area (Å²) in [4.78, 5) is 0. The van der Waals surface area contributed by atoms with E-state index in [0.717, 1.165) is 38.4 Å². The van der Waals surface area contributed by atoms with Gasteiger partial charge in [-0.25, -0.2) is 0 Å². The molecule has 0 unspecified atom stereocenters. The highest BCUT2D eigenvalue weighted by molar-refractivity contribution is 5.16. The van der Waals surface area contributed by atoms with Crippen molar-refractivity contribution in [1.82, 2.24) is 15.1 Å². The van der Waals surface area contributed by atoms with Crippen LogP contribution in [0.15, 0.2) is 12.4 Å². The van der Waals surface area contributed by atoms with E-state index in [2.05, 4.69) is 55.9 Å². The van der Waals surface area contributed by atoms with Gasteiger partial charge < -0.3 is 5.32 Å². The molecule has 1 heterocycles. The van der Waals surface area contributed by atoms with Crippen LogP contribution in [0.1, 0.15) is 53.0 Å². The Balaban J connectivity index is 2.45. The maximum Gasteiger partial charge on any atom is 0.0527 e. The lowest BCUT2D eigenvalue weighted by Crippen LogP contribution is -2.27. The third-order valence-electron chi connectivity index (χ3n) is 3.35. The maximum absolute atomic E-state index is 4.42. The first-order valence-electron chi connectivity index (χ1n) is 7.19. The zero-order chi connectivity index (χ0) is 13.6. The van der Waals surface area contributed by atoms with Crippen LogP contribution >= 0.6 is 0 Å². The fourth-order valence-electron chi connectivity index (χ4n) is 2.00. The second-order valence-electron chi connectivity index (χ2n) is 6.22. The molecule has 1 aromatic rings. The molecular weight excluding hydrogens is 222 g/mol. The fourth-order valence-corrected chi connectivity index (χ4v) is 2.00. The first-order valence-corrected chi connectivity index (χ1v) is 7.19. The summed E-state index contributed by atoms with van der Waals surface area (Å²) >= 11 is 0. The van der Waals surface area contributed by atoms with Crippen molar-refractivity contribution in [2.75, 3.05) is 13.1 Å². The fraction of sp³-hybridized carbons (Fsp3) is 0.800. The number of aromatic nitrogens is 2. The van der Waals surface area contributed by atoms with Gasteiger partial charge in [0, 0.05) is 12.7 Å². The Bertz CT molecular complexity index is 339. The number of rotatable bonds is 8. The van der Waals surface area contributed by atoms with Gasteiger partial charge in [0.25, 0.3) is 0 Å². The molecule has 0 atom stereocenters. The summed E-state index contributed by atoms with van der Waals surface area (Å²) in [5, 5.41) is 7.94. The highest BCUT2D eigenvalue weighted by atomic mass is 15.3. The molecule has 0 aromatic carbocycles. The van der Waals surface area contributed by atoms with Crippen LogP contribution in [0, 0.1) is 5.92 Å². The van der Waals surface area contributed by atoms with Crippen LogP contribution in [-0.2, 0) is 12.0 Å². The highest BCUT2D eigenvalue weighted by Crippen LogP contribution is 2.26. The average Bonchev–Trinajstić information content (AvgIpc) is 2.74. The van der Waals surface area contributed by atoms with Crippen LogP contribution in [0.3, 0.4) is 0 Å². The number of aryl methyl sites for hydroxylation is 1. The molecule has 0 bridgehead atoms. The third kappa shape index (κ3) is 4.81. The van der Waals surface area contributed by atoms with Crippen molar-refractivity contribution in [2.24, 2.45) is 5.92 Å². The lowest BCUT2D eigenvalue weighted by molar-refractivity contribution is 0.441. The van der Waals surface area contributed by atoms with E-state index in [1.54, 1.807) is 0 Å². The Kier molecular flexibility index (Phi) is 5.86. The predicted octanol–water partition coefficient (Wildman–Crippen LogP) is 3.21. The lowest BCUT2D eigenvalue weighted by atomic mass is 9.83. The Morgan fingerprint density at radius 2 is 2.11 bits per heavy atom. The van der Waals surface area contributed by atoms with E-state index < -0.39 is 0 Å². The average molecular weight is 251 g/mol. The smallest absolute Gasteiger partial charge is 0.0527 e. The molecule has 0 radical (unpaired) electrons. The lowest BCUT2D eigenvalue weighted by Gasteiger charge is -2.23. The largest absolute Gasteiger partial charge is 0.316 e. The van der Waals surface area contributed by atoms with Crippen LogP contribution < -0.4 is 5.32 Å². The Morgan fingerprint density at radius 1 is 1.39 bits per heavy atom. The summed E-state index contributed by atoms with van der Waals surface area (Å²) in [7, 11) is 0. The predicted molar refractivity (Wildman–Crippen MR) is 77.9 cm³/mol. The SMILES string of the molecule is CCCn1cc(C(C)(C)CCNCC(C)C)cn1. The van der Waals surface area contributed by atoms with E-state index in [1.165, 1.54) is 5.56 Å². The molecule has 0 aliphatic carbocycles. The Labute approximate surface area is 112 Å². The molecule has 1 aromatic heterocycles. The minimum Gasteiger partial charge on any atom is -0.316 e. The minimum atomic E-state index is 0.204. The van der Waals surface area contributed by atoms with Gasteiger partial charge in [0.15, 0.2) is 0 Å². The first kappa shape index (κ1) is 15.2. The monoisotopic (exact) mass is 251 g/mol. The second kappa shape index (κ2) is 6.93. The molecule has 3 nitrogen and oxygen atoms in total. The quantitative estimate of drug-likeness (QED) is 0.719. The molecule has 0 aliphatic rings. The third-order valence-corrected chi connectivity index (χ3v) is 3.35. The van der Waals surface area contributed by atoms with Gasteiger partial charge in [0.05, 0.1) is 6.20 Å². The molecule has 1 rings (SSSR count). The Morgan fingerprint density at radius 3 is 2.72 bits per heavy atom. The topological polar surface area (TPSA) is 29.9 Å². The molecule has 18 heavy (non-hydrogen) atoms. The van der Waals surface area contributed by atoms with Gasteiger partial charge in [-0.1, -0.05) is 34.6 Å². The van der Waals surface area contributed by atoms with Gasteiger partial charge in [-0.05, 0) is 42.8 Å². The van der Waals surface area contributed by atoms with E-state index >= 15 is 0 Å². The maximum atomic E-state index is 4.42. The summed E-state index contributed by atoms with van der Waals surface area (Å²) < 4.78 is 2.05. The van der Waals surface area contributed by atoms with Crippen LogP contribution in [0.25, 0.3) is 0 Å². The van der Waals surface area contributed by atoms with Crippen LogP contribution in [0.5, 0.6) is 0 Å². The number of nitrogens with zero attached hydrogens (tertiary/aromatic N) is 2. The molecule has 3 heteroatoms. The zero-order valence-electron chi connectivity index (χ0n) is 12.7. The van der Waals surface area contributed by atoms with Crippen LogP contribution in [0.2, 0.25) is 0 Å². The highest BCUT2D eigenvalue weighted by Gasteiger charge is 2.21. The number of hydrogen-bond donors (Lipinski definition) is 1. The molecule has 104 valence electrons. The van der Waals surface area contributed by atoms with Gasteiger partial charge in [-0.15, -0.1) is 0 Å². The molecule has 0 fully saturated rings. The second-order valence-corrected chi connectivity index (χ2v) is 6.22. The standard InChI is InChI=1S/C15H29N3/c1-6-9-18-12-14(11-17-18)15(4,5)7-8-16-10-13(2)3/h11-13,16H,6-10H2,1-5H3. The minimum absolute atomic E-state index is 0.204. The van der Waals surface area contributed by atoms with E-state index in [9.17, 15) is 0 Å². The van der Waals surface area contributed by atoms with E-state index in [4.69, 9.17) is 0 Å². The van der Waals surface area contributed by atoms with E-state index in [1.807, 2.05) is 6.20 Å². The molecule has 1 N–H and O–H groups in total. The summed E-state index contributed by atoms with van der Waals surface area (Å²) in [6, 6.07) is 0. The van der Waals surface area contributed by atoms with Crippen molar-refractivity contribution in [3.8, 4) is 0 Å². The van der Waals surface area contributed by atoms with Gasteiger partial charge >= 0.3 is 0 Å². The van der Waals surface area contributed by atoms with E-state index in [0.29, 0.717) is 0 Å². The summed E-state index contributed by atoms with van der Waals surface area (Å²) in [6.07, 6.45) is 6.51. The Hall–Kier alpha value is -0.830. The normalized spacial score (nSPS) is 12.3. The van der Waals surface area contributed by atoms with Gasteiger partial charge in [0.2, 0.25) is 0 Å². The summed E-state index contributed by atoms with van der Waals surface area (Å²) in [6.45, 7) is 14.5. The molecule has 0 saturated heterocycles. The zero-order valence-corrected chi connectivity index (χ0v) is 12.7. The van der Waals surface area contributed by atoms with Gasteiger partial charge in [0.1, 0.15) is 0 Å². The van der Waals surface area contributed by atoms with Crippen molar-refractivity contribution < 1.29 is 0 Å². The van der Waals surface area contributed by atoms with Crippen molar-refractivity contribution in [2.45, 2.75) is 59.4 Å². The number of nitrogens with one attached hydrogen (secondary N) is 1. The first-order chi connectivity index (χ1) is 8.45. The number of hydrogen-bond acceptors (Lipinski definition) is 2.